The van der Waals surface area contributed by atoms with Crippen LogP contribution in [-0.4, -0.2) is 32.5 Å². The first-order valence-electron chi connectivity index (χ1n) is 8.59. The highest BCUT2D eigenvalue weighted by molar-refractivity contribution is 8.14. The fourth-order valence-electron chi connectivity index (χ4n) is 2.88. The fraction of sp³-hybridized carbons (Fsp3) is 0.200. The summed E-state index contributed by atoms with van der Waals surface area (Å²) in [6, 6.07) is 6.17. The Bertz CT molecular complexity index is 1040. The SMILES string of the molecule is C#CC1(c2cccc(NC(=O)c3cnc(C(F)F)cn3)c2)N=C(N)SC(C=C)C1F. The molecule has 0 spiro atoms. The number of amides is 1. The van der Waals surface area contributed by atoms with E-state index in [0.717, 1.165) is 24.2 Å². The minimum atomic E-state index is -2.79. The van der Waals surface area contributed by atoms with Crippen molar-refractivity contribution in [2.45, 2.75) is 23.4 Å². The average Bonchev–Trinajstić information content (AvgIpc) is 2.75. The Morgan fingerprint density at radius 1 is 1.40 bits per heavy atom. The van der Waals surface area contributed by atoms with Gasteiger partial charge in [0, 0.05) is 5.69 Å². The molecule has 0 saturated carbocycles. The number of terminal acetylenes is 1. The molecule has 3 atom stereocenters. The van der Waals surface area contributed by atoms with Gasteiger partial charge in [-0.15, -0.1) is 13.0 Å². The number of aromatic nitrogens is 2. The van der Waals surface area contributed by atoms with Gasteiger partial charge in [0.15, 0.2) is 16.9 Å². The standard InChI is InChI=1S/C20H16F3N5OS/c1-3-15-16(21)20(4-2,28-19(24)30-15)11-6-5-7-12(8-11)27-18(29)14-10-25-13(9-26-14)17(22)23/h2-3,5-10,15-17H,1H2,(H2,24,28)(H,27,29). The summed E-state index contributed by atoms with van der Waals surface area (Å²) in [5.74, 6) is 1.72. The molecule has 6 nitrogen and oxygen atoms in total. The highest BCUT2D eigenvalue weighted by atomic mass is 32.2. The van der Waals surface area contributed by atoms with E-state index in [4.69, 9.17) is 12.2 Å². The second kappa shape index (κ2) is 8.59. The summed E-state index contributed by atoms with van der Waals surface area (Å²) in [5, 5.41) is 1.98. The molecule has 0 radical (unpaired) electrons. The first-order valence-corrected chi connectivity index (χ1v) is 9.47. The normalized spacial score (nSPS) is 23.4. The van der Waals surface area contributed by atoms with Crippen LogP contribution in [0.15, 0.2) is 54.3 Å². The molecule has 0 aliphatic carbocycles. The molecule has 1 aromatic carbocycles. The highest BCUT2D eigenvalue weighted by Gasteiger charge is 2.47. The van der Waals surface area contributed by atoms with Crippen LogP contribution in [-0.2, 0) is 5.54 Å². The molecule has 30 heavy (non-hydrogen) atoms. The minimum Gasteiger partial charge on any atom is -0.378 e. The Labute approximate surface area is 174 Å². The lowest BCUT2D eigenvalue weighted by Gasteiger charge is -2.36. The summed E-state index contributed by atoms with van der Waals surface area (Å²) in [6.07, 6.45) is 4.45. The van der Waals surface area contributed by atoms with E-state index in [2.05, 4.69) is 32.8 Å². The summed E-state index contributed by atoms with van der Waals surface area (Å²) in [5.41, 5.74) is 4.04. The zero-order valence-electron chi connectivity index (χ0n) is 15.4. The van der Waals surface area contributed by atoms with Gasteiger partial charge < -0.3 is 11.1 Å². The van der Waals surface area contributed by atoms with Crippen molar-refractivity contribution in [3.8, 4) is 12.3 Å². The fourth-order valence-corrected chi connectivity index (χ4v) is 3.77. The van der Waals surface area contributed by atoms with Gasteiger partial charge in [0.05, 0.1) is 17.6 Å². The number of benzene rings is 1. The van der Waals surface area contributed by atoms with Crippen molar-refractivity contribution in [2.24, 2.45) is 10.7 Å². The van der Waals surface area contributed by atoms with Crippen molar-refractivity contribution < 1.29 is 18.0 Å². The zero-order chi connectivity index (χ0) is 21.9. The lowest BCUT2D eigenvalue weighted by atomic mass is 9.84. The molecule has 1 aliphatic heterocycles. The van der Waals surface area contributed by atoms with Crippen LogP contribution in [0.5, 0.6) is 0 Å². The number of carbonyl (C=O) groups excluding carboxylic acids is 1. The number of rotatable bonds is 5. The Morgan fingerprint density at radius 2 is 2.17 bits per heavy atom. The van der Waals surface area contributed by atoms with Crippen LogP contribution in [0.2, 0.25) is 0 Å². The Balaban J connectivity index is 1.90. The number of nitrogens with one attached hydrogen (secondary N) is 1. The lowest BCUT2D eigenvalue weighted by Crippen LogP contribution is -2.45. The number of anilines is 1. The summed E-state index contributed by atoms with van der Waals surface area (Å²) >= 11 is 1.02. The van der Waals surface area contributed by atoms with Gasteiger partial charge in [-0.1, -0.05) is 35.9 Å². The van der Waals surface area contributed by atoms with Crippen molar-refractivity contribution in [1.29, 1.82) is 0 Å². The summed E-state index contributed by atoms with van der Waals surface area (Å²) < 4.78 is 40.4. The van der Waals surface area contributed by atoms with Gasteiger partial charge in [0.1, 0.15) is 11.4 Å². The van der Waals surface area contributed by atoms with Crippen LogP contribution >= 0.6 is 11.8 Å². The third kappa shape index (κ3) is 4.02. The highest BCUT2D eigenvalue weighted by Crippen LogP contribution is 2.42. The number of nitrogens with two attached hydrogens (primary N) is 1. The molecule has 3 unspecified atom stereocenters. The molecule has 1 aromatic heterocycles. The zero-order valence-corrected chi connectivity index (χ0v) is 16.2. The smallest absolute Gasteiger partial charge is 0.281 e. The van der Waals surface area contributed by atoms with Crippen molar-refractivity contribution in [1.82, 2.24) is 9.97 Å². The van der Waals surface area contributed by atoms with Crippen LogP contribution < -0.4 is 11.1 Å². The largest absolute Gasteiger partial charge is 0.378 e. The molecule has 2 heterocycles. The van der Waals surface area contributed by atoms with Crippen molar-refractivity contribution in [3.05, 3.63) is 66.3 Å². The average molecular weight is 431 g/mol. The van der Waals surface area contributed by atoms with E-state index in [-0.39, 0.29) is 16.5 Å². The summed E-state index contributed by atoms with van der Waals surface area (Å²) in [6.45, 7) is 3.61. The Hall–Kier alpha value is -3.32. The van der Waals surface area contributed by atoms with Gasteiger partial charge in [0.2, 0.25) is 0 Å². The van der Waals surface area contributed by atoms with Gasteiger partial charge in [-0.2, -0.15) is 0 Å². The predicted octanol–water partition coefficient (Wildman–Crippen LogP) is 3.45. The molecule has 0 fully saturated rings. The van der Waals surface area contributed by atoms with Gasteiger partial charge in [0.25, 0.3) is 12.3 Å². The number of hydrogen-bond donors (Lipinski definition) is 2. The number of amidine groups is 1. The third-order valence-corrected chi connectivity index (χ3v) is 5.41. The van der Waals surface area contributed by atoms with E-state index in [1.165, 1.54) is 12.1 Å². The van der Waals surface area contributed by atoms with Crippen molar-refractivity contribution in [2.75, 3.05) is 5.32 Å². The van der Waals surface area contributed by atoms with Crippen LogP contribution in [0, 0.1) is 12.3 Å². The molecule has 154 valence electrons. The molecule has 0 bridgehead atoms. The van der Waals surface area contributed by atoms with E-state index in [9.17, 15) is 13.6 Å². The second-order valence-electron chi connectivity index (χ2n) is 6.24. The molecule has 1 aliphatic rings. The molecule has 10 heteroatoms. The molecule has 0 saturated heterocycles. The Kier molecular flexibility index (Phi) is 6.12. The molecule has 1 amide bonds. The number of aliphatic imine (C=N–C) groups is 1. The molecule has 3 rings (SSSR count). The predicted molar refractivity (Wildman–Crippen MR) is 110 cm³/mol. The first-order chi connectivity index (χ1) is 14.3. The quantitative estimate of drug-likeness (QED) is 0.559. The first kappa shape index (κ1) is 21.4. The number of hydrogen-bond acceptors (Lipinski definition) is 6. The molecular weight excluding hydrogens is 415 g/mol. The molecule has 3 N–H and O–H groups in total. The maximum Gasteiger partial charge on any atom is 0.281 e. The van der Waals surface area contributed by atoms with E-state index in [1.54, 1.807) is 18.2 Å². The lowest BCUT2D eigenvalue weighted by molar-refractivity contribution is 0.102. The monoisotopic (exact) mass is 431 g/mol. The van der Waals surface area contributed by atoms with E-state index in [1.807, 2.05) is 0 Å². The number of carbonyl (C=O) groups is 1. The number of alkyl halides is 3. The summed E-state index contributed by atoms with van der Waals surface area (Å²) in [4.78, 5) is 23.7. The second-order valence-corrected chi connectivity index (χ2v) is 7.44. The van der Waals surface area contributed by atoms with Crippen LogP contribution in [0.3, 0.4) is 0 Å². The van der Waals surface area contributed by atoms with E-state index >= 15 is 4.39 Å². The number of thioether (sulfide) groups is 1. The van der Waals surface area contributed by atoms with Crippen molar-refractivity contribution in [3.63, 3.8) is 0 Å². The van der Waals surface area contributed by atoms with Gasteiger partial charge in [-0.3, -0.25) is 9.78 Å². The van der Waals surface area contributed by atoms with Crippen LogP contribution in [0.25, 0.3) is 0 Å². The summed E-state index contributed by atoms with van der Waals surface area (Å²) in [7, 11) is 0. The van der Waals surface area contributed by atoms with Gasteiger partial charge >= 0.3 is 0 Å². The Morgan fingerprint density at radius 3 is 2.77 bits per heavy atom. The minimum absolute atomic E-state index is 0.121. The van der Waals surface area contributed by atoms with Crippen LogP contribution in [0.1, 0.15) is 28.2 Å². The third-order valence-electron chi connectivity index (χ3n) is 4.37. The van der Waals surface area contributed by atoms with E-state index < -0.39 is 35.0 Å². The van der Waals surface area contributed by atoms with Crippen molar-refractivity contribution >= 4 is 28.5 Å². The van der Waals surface area contributed by atoms with E-state index in [0.29, 0.717) is 5.56 Å². The maximum absolute atomic E-state index is 15.2. The van der Waals surface area contributed by atoms with Gasteiger partial charge in [-0.25, -0.2) is 23.1 Å². The topological polar surface area (TPSA) is 93.3 Å². The van der Waals surface area contributed by atoms with Crippen LogP contribution in [0.4, 0.5) is 18.9 Å². The van der Waals surface area contributed by atoms with Gasteiger partial charge in [-0.05, 0) is 17.7 Å². The number of nitrogens with zero attached hydrogens (tertiary/aromatic N) is 3. The molecular formula is C20H16F3N5OS. The number of halogens is 3. The maximum atomic E-state index is 15.2. The molecule has 2 aromatic rings.